The molecule has 0 amide bonds. The lowest BCUT2D eigenvalue weighted by molar-refractivity contribution is -0.131. The molecule has 0 aliphatic heterocycles. The van der Waals surface area contributed by atoms with Gasteiger partial charge in [-0.25, -0.2) is 4.79 Å². The van der Waals surface area contributed by atoms with Crippen LogP contribution in [0.5, 0.6) is 5.75 Å². The standard InChI is InChI=1S/C13H13BrO4/c1-8(15)13(14)12-9(6-7-11(16)17)4-3-5-10(12)18-2/h3-7,13H,1-2H3,(H,16,17). The van der Waals surface area contributed by atoms with Gasteiger partial charge in [0.15, 0.2) is 0 Å². The summed E-state index contributed by atoms with van der Waals surface area (Å²) in [6.07, 6.45) is 2.47. The van der Waals surface area contributed by atoms with Gasteiger partial charge < -0.3 is 9.84 Å². The third-order valence-corrected chi connectivity index (χ3v) is 3.44. The molecule has 1 aromatic rings. The van der Waals surface area contributed by atoms with Crippen LogP contribution in [-0.4, -0.2) is 24.0 Å². The van der Waals surface area contributed by atoms with Crippen LogP contribution in [0, 0.1) is 0 Å². The molecule has 0 saturated carbocycles. The van der Waals surface area contributed by atoms with Gasteiger partial charge in [0.2, 0.25) is 0 Å². The maximum atomic E-state index is 11.5. The van der Waals surface area contributed by atoms with Crippen LogP contribution in [0.25, 0.3) is 6.08 Å². The Labute approximate surface area is 113 Å². The molecule has 0 saturated heterocycles. The van der Waals surface area contributed by atoms with E-state index in [2.05, 4.69) is 15.9 Å². The van der Waals surface area contributed by atoms with Crippen molar-refractivity contribution in [3.05, 3.63) is 35.4 Å². The summed E-state index contributed by atoms with van der Waals surface area (Å²) in [6.45, 7) is 1.45. The first-order valence-corrected chi connectivity index (χ1v) is 6.11. The normalized spacial score (nSPS) is 12.4. The van der Waals surface area contributed by atoms with Crippen molar-refractivity contribution in [1.29, 1.82) is 0 Å². The van der Waals surface area contributed by atoms with Crippen LogP contribution < -0.4 is 4.74 Å². The molecular weight excluding hydrogens is 300 g/mol. The second kappa shape index (κ2) is 6.35. The summed E-state index contributed by atoms with van der Waals surface area (Å²) in [4.78, 5) is 21.5. The van der Waals surface area contributed by atoms with Crippen molar-refractivity contribution < 1.29 is 19.4 Å². The second-order valence-electron chi connectivity index (χ2n) is 3.61. The summed E-state index contributed by atoms with van der Waals surface area (Å²) in [5.41, 5.74) is 1.26. The number of ether oxygens (including phenoxy) is 1. The van der Waals surface area contributed by atoms with E-state index in [1.807, 2.05) is 0 Å². The van der Waals surface area contributed by atoms with Crippen LogP contribution in [0.1, 0.15) is 22.9 Å². The van der Waals surface area contributed by atoms with Gasteiger partial charge in [-0.2, -0.15) is 0 Å². The van der Waals surface area contributed by atoms with Gasteiger partial charge in [-0.05, 0) is 24.6 Å². The van der Waals surface area contributed by atoms with Gasteiger partial charge in [-0.1, -0.05) is 28.1 Å². The van der Waals surface area contributed by atoms with E-state index in [0.29, 0.717) is 16.9 Å². The van der Waals surface area contributed by atoms with Gasteiger partial charge in [-0.3, -0.25) is 4.79 Å². The van der Waals surface area contributed by atoms with Crippen molar-refractivity contribution in [2.45, 2.75) is 11.8 Å². The Hall–Kier alpha value is -1.62. The number of halogens is 1. The predicted molar refractivity (Wildman–Crippen MR) is 72.0 cm³/mol. The number of hydrogen-bond acceptors (Lipinski definition) is 3. The highest BCUT2D eigenvalue weighted by Gasteiger charge is 2.20. The summed E-state index contributed by atoms with van der Waals surface area (Å²) < 4.78 is 5.20. The van der Waals surface area contributed by atoms with Gasteiger partial charge in [0.1, 0.15) is 16.4 Å². The molecule has 1 aromatic carbocycles. The molecule has 0 spiro atoms. The number of rotatable bonds is 5. The van der Waals surface area contributed by atoms with Crippen molar-refractivity contribution in [1.82, 2.24) is 0 Å². The lowest BCUT2D eigenvalue weighted by Crippen LogP contribution is -2.05. The molecule has 4 nitrogen and oxygen atoms in total. The van der Waals surface area contributed by atoms with Gasteiger partial charge in [0.25, 0.3) is 0 Å². The summed E-state index contributed by atoms with van der Waals surface area (Å²) >= 11 is 3.29. The zero-order chi connectivity index (χ0) is 13.7. The van der Waals surface area contributed by atoms with Crippen LogP contribution in [0.15, 0.2) is 24.3 Å². The minimum absolute atomic E-state index is 0.0792. The summed E-state index contributed by atoms with van der Waals surface area (Å²) in [6, 6.07) is 5.20. The fraction of sp³-hybridized carbons (Fsp3) is 0.231. The number of Topliss-reactive ketones (excluding diaryl/α,β-unsaturated/α-hetero) is 1. The fourth-order valence-electron chi connectivity index (χ4n) is 1.52. The van der Waals surface area contributed by atoms with Gasteiger partial charge in [-0.15, -0.1) is 0 Å². The SMILES string of the molecule is COc1cccc(C=CC(=O)O)c1C(Br)C(C)=O. The van der Waals surface area contributed by atoms with E-state index in [4.69, 9.17) is 9.84 Å². The van der Waals surface area contributed by atoms with E-state index in [-0.39, 0.29) is 5.78 Å². The molecule has 1 N–H and O–H groups in total. The number of hydrogen-bond donors (Lipinski definition) is 1. The maximum Gasteiger partial charge on any atom is 0.328 e. The van der Waals surface area contributed by atoms with E-state index < -0.39 is 10.8 Å². The van der Waals surface area contributed by atoms with Gasteiger partial charge in [0.05, 0.1) is 7.11 Å². The first-order valence-electron chi connectivity index (χ1n) is 5.19. The molecule has 0 heterocycles. The van der Waals surface area contributed by atoms with Crippen molar-refractivity contribution in [2.24, 2.45) is 0 Å². The van der Waals surface area contributed by atoms with Crippen molar-refractivity contribution in [3.8, 4) is 5.75 Å². The van der Waals surface area contributed by atoms with Crippen molar-refractivity contribution in [2.75, 3.05) is 7.11 Å². The van der Waals surface area contributed by atoms with Crippen LogP contribution in [0.4, 0.5) is 0 Å². The molecule has 18 heavy (non-hydrogen) atoms. The second-order valence-corrected chi connectivity index (χ2v) is 4.52. The Bertz CT molecular complexity index is 494. The first kappa shape index (κ1) is 14.4. The Kier molecular flexibility index (Phi) is 5.09. The lowest BCUT2D eigenvalue weighted by atomic mass is 10.0. The fourth-order valence-corrected chi connectivity index (χ4v) is 2.01. The molecule has 1 unspecified atom stereocenters. The van der Waals surface area contributed by atoms with E-state index >= 15 is 0 Å². The minimum Gasteiger partial charge on any atom is -0.496 e. The molecular formula is C13H13BrO4. The largest absolute Gasteiger partial charge is 0.496 e. The predicted octanol–water partition coefficient (Wildman–Crippen LogP) is 2.82. The molecule has 96 valence electrons. The number of carboxylic acids is 1. The average Bonchev–Trinajstić information content (AvgIpc) is 2.34. The van der Waals surface area contributed by atoms with Crippen LogP contribution in [-0.2, 0) is 9.59 Å². The Balaban J connectivity index is 3.33. The zero-order valence-electron chi connectivity index (χ0n) is 10.0. The number of methoxy groups -OCH3 is 1. The lowest BCUT2D eigenvalue weighted by Gasteiger charge is -2.14. The highest BCUT2D eigenvalue weighted by molar-refractivity contribution is 9.09. The van der Waals surface area contributed by atoms with Gasteiger partial charge in [0, 0.05) is 11.6 Å². The van der Waals surface area contributed by atoms with Crippen molar-refractivity contribution >= 4 is 33.8 Å². The molecule has 0 bridgehead atoms. The number of carboxylic acid groups (broad SMARTS) is 1. The molecule has 0 aliphatic carbocycles. The summed E-state index contributed by atoms with van der Waals surface area (Å²) in [7, 11) is 1.50. The first-order chi connectivity index (χ1) is 8.47. The number of aliphatic carboxylic acids is 1. The van der Waals surface area contributed by atoms with Crippen molar-refractivity contribution in [3.63, 3.8) is 0 Å². The van der Waals surface area contributed by atoms with Crippen LogP contribution in [0.3, 0.4) is 0 Å². The Morgan fingerprint density at radius 3 is 2.61 bits per heavy atom. The van der Waals surface area contributed by atoms with E-state index in [1.165, 1.54) is 20.1 Å². The molecule has 1 atom stereocenters. The van der Waals surface area contributed by atoms with E-state index in [0.717, 1.165) is 6.08 Å². The number of carbonyl (C=O) groups is 2. The van der Waals surface area contributed by atoms with Gasteiger partial charge >= 0.3 is 5.97 Å². The highest BCUT2D eigenvalue weighted by atomic mass is 79.9. The third kappa shape index (κ3) is 3.43. The van der Waals surface area contributed by atoms with E-state index in [9.17, 15) is 9.59 Å². The number of ketones is 1. The zero-order valence-corrected chi connectivity index (χ0v) is 11.6. The minimum atomic E-state index is -1.04. The Morgan fingerprint density at radius 1 is 1.44 bits per heavy atom. The number of alkyl halides is 1. The Morgan fingerprint density at radius 2 is 2.11 bits per heavy atom. The van der Waals surface area contributed by atoms with Crippen LogP contribution in [0.2, 0.25) is 0 Å². The summed E-state index contributed by atoms with van der Waals surface area (Å²) in [5.74, 6) is -0.582. The molecule has 1 rings (SSSR count). The molecule has 5 heteroatoms. The average molecular weight is 313 g/mol. The topological polar surface area (TPSA) is 63.6 Å². The maximum absolute atomic E-state index is 11.5. The number of benzene rings is 1. The molecule has 0 radical (unpaired) electrons. The third-order valence-electron chi connectivity index (χ3n) is 2.34. The smallest absolute Gasteiger partial charge is 0.328 e. The van der Waals surface area contributed by atoms with Crippen LogP contribution >= 0.6 is 15.9 Å². The quantitative estimate of drug-likeness (QED) is 0.670. The highest BCUT2D eigenvalue weighted by Crippen LogP contribution is 2.35. The molecule has 0 fully saturated rings. The van der Waals surface area contributed by atoms with E-state index in [1.54, 1.807) is 18.2 Å². The summed E-state index contributed by atoms with van der Waals surface area (Å²) in [5, 5.41) is 8.64. The monoisotopic (exact) mass is 312 g/mol. The number of carbonyl (C=O) groups excluding carboxylic acids is 1. The molecule has 0 aliphatic rings. The molecule has 0 aromatic heterocycles.